The van der Waals surface area contributed by atoms with Crippen LogP contribution in [0, 0.1) is 6.92 Å². The monoisotopic (exact) mass is 210 g/mol. The predicted molar refractivity (Wildman–Crippen MR) is 60.9 cm³/mol. The van der Waals surface area contributed by atoms with E-state index in [1.807, 2.05) is 11.3 Å². The molecule has 1 aromatic heterocycles. The molecule has 1 N–H and O–H groups in total. The van der Waals surface area contributed by atoms with Crippen molar-refractivity contribution in [3.63, 3.8) is 0 Å². The van der Waals surface area contributed by atoms with Crippen molar-refractivity contribution in [3.8, 4) is 0 Å². The van der Waals surface area contributed by atoms with E-state index >= 15 is 0 Å². The maximum absolute atomic E-state index is 10.1. The van der Waals surface area contributed by atoms with Gasteiger partial charge in [0.15, 0.2) is 0 Å². The summed E-state index contributed by atoms with van der Waals surface area (Å²) in [6.07, 6.45) is 5.82. The summed E-state index contributed by atoms with van der Waals surface area (Å²) in [7, 11) is 0. The largest absolute Gasteiger partial charge is 0.392 e. The van der Waals surface area contributed by atoms with Gasteiger partial charge in [0.25, 0.3) is 0 Å². The Morgan fingerprint density at radius 2 is 2.07 bits per heavy atom. The first-order valence-corrected chi connectivity index (χ1v) is 6.39. The summed E-state index contributed by atoms with van der Waals surface area (Å²) in [5.41, 5.74) is 1.36. The van der Waals surface area contributed by atoms with Gasteiger partial charge in [0, 0.05) is 10.8 Å². The maximum atomic E-state index is 10.1. The van der Waals surface area contributed by atoms with Crippen molar-refractivity contribution in [1.29, 1.82) is 0 Å². The molecule has 0 bridgehead atoms. The van der Waals surface area contributed by atoms with Crippen LogP contribution in [0.5, 0.6) is 0 Å². The minimum absolute atomic E-state index is 0.102. The number of hydrogen-bond acceptors (Lipinski definition) is 2. The fourth-order valence-electron chi connectivity index (χ4n) is 2.36. The molecule has 0 aliphatic heterocycles. The second kappa shape index (κ2) is 4.45. The molecule has 1 saturated carbocycles. The average Bonchev–Trinajstić information content (AvgIpc) is 2.46. The zero-order chi connectivity index (χ0) is 9.97. The van der Waals surface area contributed by atoms with Crippen LogP contribution in [-0.4, -0.2) is 11.2 Å². The van der Waals surface area contributed by atoms with Crippen LogP contribution in [-0.2, 0) is 0 Å². The van der Waals surface area contributed by atoms with Gasteiger partial charge in [0.1, 0.15) is 0 Å². The number of aryl methyl sites for hydroxylation is 1. The lowest BCUT2D eigenvalue weighted by atomic mass is 9.94. The van der Waals surface area contributed by atoms with E-state index in [-0.39, 0.29) is 6.10 Å². The van der Waals surface area contributed by atoms with Gasteiger partial charge in [-0.1, -0.05) is 19.3 Å². The van der Waals surface area contributed by atoms with Gasteiger partial charge in [-0.05, 0) is 36.8 Å². The summed E-state index contributed by atoms with van der Waals surface area (Å²) >= 11 is 1.81. The van der Waals surface area contributed by atoms with Crippen LogP contribution in [0.15, 0.2) is 11.4 Å². The van der Waals surface area contributed by atoms with E-state index in [0.29, 0.717) is 5.92 Å². The summed E-state index contributed by atoms with van der Waals surface area (Å²) < 4.78 is 0. The van der Waals surface area contributed by atoms with E-state index in [1.54, 1.807) is 0 Å². The van der Waals surface area contributed by atoms with E-state index in [4.69, 9.17) is 0 Å². The molecule has 1 fully saturated rings. The maximum Gasteiger partial charge on any atom is 0.0616 e. The van der Waals surface area contributed by atoms with E-state index in [9.17, 15) is 5.11 Å². The molecule has 0 amide bonds. The summed E-state index contributed by atoms with van der Waals surface area (Å²) in [6, 6.07) is 2.16. The molecule has 2 heteroatoms. The summed E-state index contributed by atoms with van der Waals surface area (Å²) in [6.45, 7) is 2.16. The third-order valence-electron chi connectivity index (χ3n) is 3.22. The first kappa shape index (κ1) is 10.2. The number of rotatable bonds is 1. The van der Waals surface area contributed by atoms with Crippen LogP contribution in [0.25, 0.3) is 0 Å². The van der Waals surface area contributed by atoms with Gasteiger partial charge in [-0.15, -0.1) is 11.3 Å². The van der Waals surface area contributed by atoms with Gasteiger partial charge < -0.3 is 5.11 Å². The first-order valence-electron chi connectivity index (χ1n) is 5.51. The first-order chi connectivity index (χ1) is 6.79. The normalized spacial score (nSPS) is 28.7. The molecule has 78 valence electrons. The fourth-order valence-corrected chi connectivity index (χ4v) is 3.48. The number of aliphatic hydroxyl groups is 1. The van der Waals surface area contributed by atoms with Crippen molar-refractivity contribution in [3.05, 3.63) is 21.9 Å². The van der Waals surface area contributed by atoms with Gasteiger partial charge in [-0.25, -0.2) is 0 Å². The van der Waals surface area contributed by atoms with E-state index < -0.39 is 0 Å². The van der Waals surface area contributed by atoms with Crippen molar-refractivity contribution in [1.82, 2.24) is 0 Å². The highest BCUT2D eigenvalue weighted by Crippen LogP contribution is 2.36. The molecule has 0 radical (unpaired) electrons. The van der Waals surface area contributed by atoms with Crippen LogP contribution in [0.4, 0.5) is 0 Å². The summed E-state index contributed by atoms with van der Waals surface area (Å²) in [4.78, 5) is 1.42. The Kier molecular flexibility index (Phi) is 3.24. The predicted octanol–water partition coefficient (Wildman–Crippen LogP) is 3.47. The second-order valence-electron chi connectivity index (χ2n) is 4.28. The quantitative estimate of drug-likeness (QED) is 0.704. The number of aliphatic hydroxyl groups excluding tert-OH is 1. The standard InChI is InChI=1S/C12H18OS/c1-9-7-8-14-12(9)10-5-3-2-4-6-11(10)13/h7-8,10-11,13H,2-6H2,1H3. The van der Waals surface area contributed by atoms with Crippen LogP contribution >= 0.6 is 11.3 Å². The molecule has 0 aromatic carbocycles. The zero-order valence-electron chi connectivity index (χ0n) is 8.70. The Morgan fingerprint density at radius 3 is 2.79 bits per heavy atom. The molecule has 14 heavy (non-hydrogen) atoms. The van der Waals surface area contributed by atoms with Crippen molar-refractivity contribution in [2.24, 2.45) is 0 Å². The van der Waals surface area contributed by atoms with Crippen LogP contribution in [0.1, 0.15) is 48.5 Å². The molecule has 1 aliphatic rings. The third kappa shape index (κ3) is 2.01. The molecular weight excluding hydrogens is 192 g/mol. The fraction of sp³-hybridized carbons (Fsp3) is 0.667. The Hall–Kier alpha value is -0.340. The van der Waals surface area contributed by atoms with Gasteiger partial charge in [0.05, 0.1) is 6.10 Å². The van der Waals surface area contributed by atoms with Gasteiger partial charge in [-0.2, -0.15) is 0 Å². The summed E-state index contributed by atoms with van der Waals surface area (Å²) in [5.74, 6) is 0.414. The molecule has 1 aromatic rings. The highest BCUT2D eigenvalue weighted by Gasteiger charge is 2.25. The van der Waals surface area contributed by atoms with Crippen LogP contribution in [0.3, 0.4) is 0 Å². The molecule has 2 unspecified atom stereocenters. The molecule has 2 atom stereocenters. The second-order valence-corrected chi connectivity index (χ2v) is 5.23. The SMILES string of the molecule is Cc1ccsc1C1CCCCCC1O. The smallest absolute Gasteiger partial charge is 0.0616 e. The van der Waals surface area contributed by atoms with Crippen molar-refractivity contribution in [2.75, 3.05) is 0 Å². The van der Waals surface area contributed by atoms with Crippen molar-refractivity contribution < 1.29 is 5.11 Å². The Labute approximate surface area is 89.8 Å². The highest BCUT2D eigenvalue weighted by molar-refractivity contribution is 7.10. The molecule has 0 saturated heterocycles. The van der Waals surface area contributed by atoms with Crippen LogP contribution < -0.4 is 0 Å². The molecule has 1 heterocycles. The summed E-state index contributed by atoms with van der Waals surface area (Å²) in [5, 5.41) is 12.2. The van der Waals surface area contributed by atoms with Gasteiger partial charge in [0.2, 0.25) is 0 Å². The molecule has 1 aliphatic carbocycles. The van der Waals surface area contributed by atoms with Gasteiger partial charge >= 0.3 is 0 Å². The van der Waals surface area contributed by atoms with E-state index in [1.165, 1.54) is 36.1 Å². The molecular formula is C12H18OS. The topological polar surface area (TPSA) is 20.2 Å². The Morgan fingerprint density at radius 1 is 1.29 bits per heavy atom. The lowest BCUT2D eigenvalue weighted by Crippen LogP contribution is -2.16. The van der Waals surface area contributed by atoms with Crippen LogP contribution in [0.2, 0.25) is 0 Å². The Balaban J connectivity index is 2.19. The van der Waals surface area contributed by atoms with Crippen molar-refractivity contribution in [2.45, 2.75) is 51.0 Å². The van der Waals surface area contributed by atoms with Gasteiger partial charge in [-0.3, -0.25) is 0 Å². The molecule has 1 nitrogen and oxygen atoms in total. The molecule has 2 rings (SSSR count). The third-order valence-corrected chi connectivity index (χ3v) is 4.37. The lowest BCUT2D eigenvalue weighted by Gasteiger charge is -2.19. The minimum Gasteiger partial charge on any atom is -0.392 e. The Bertz CT molecular complexity index is 292. The minimum atomic E-state index is -0.102. The highest BCUT2D eigenvalue weighted by atomic mass is 32.1. The molecule has 0 spiro atoms. The number of thiophene rings is 1. The zero-order valence-corrected chi connectivity index (χ0v) is 9.52. The number of hydrogen-bond donors (Lipinski definition) is 1. The average molecular weight is 210 g/mol. The lowest BCUT2D eigenvalue weighted by molar-refractivity contribution is 0.136. The van der Waals surface area contributed by atoms with Crippen molar-refractivity contribution >= 4 is 11.3 Å². The van der Waals surface area contributed by atoms with E-state index in [2.05, 4.69) is 18.4 Å². The van der Waals surface area contributed by atoms with E-state index in [0.717, 1.165) is 6.42 Å².